The summed E-state index contributed by atoms with van der Waals surface area (Å²) in [5.41, 5.74) is 9.74. The van der Waals surface area contributed by atoms with Crippen LogP contribution in [0.2, 0.25) is 5.02 Å². The molecule has 1 spiro atoms. The Hall–Kier alpha value is -5.94. The molecule has 1 aromatic carbocycles. The van der Waals surface area contributed by atoms with E-state index in [2.05, 4.69) is 47.9 Å². The number of hydrogen-bond acceptors (Lipinski definition) is 13. The number of halogens is 1. The second kappa shape index (κ2) is 19.2. The fraction of sp³-hybridized carbons (Fsp3) is 0.489. The normalized spacial score (nSPS) is 22.5. The summed E-state index contributed by atoms with van der Waals surface area (Å²) < 4.78 is 0. The third-order valence-corrected chi connectivity index (χ3v) is 13.5. The van der Waals surface area contributed by atoms with E-state index < -0.39 is 11.5 Å². The summed E-state index contributed by atoms with van der Waals surface area (Å²) in [4.78, 5) is 89.0. The number of amides is 5. The van der Waals surface area contributed by atoms with Crippen molar-refractivity contribution in [1.82, 2.24) is 35.0 Å². The number of anilines is 4. The highest BCUT2D eigenvalue weighted by Crippen LogP contribution is 2.43. The number of aromatic nitrogens is 3. The Labute approximate surface area is 371 Å². The minimum absolute atomic E-state index is 0.0335. The molecule has 5 saturated heterocycles. The first-order valence-corrected chi connectivity index (χ1v) is 22.3. The topological polar surface area (TPSA) is 211 Å². The lowest BCUT2D eigenvalue weighted by molar-refractivity contribution is -0.138. The maximum Gasteiger partial charge on any atom is 0.249 e. The molecule has 63 heavy (non-hydrogen) atoms. The van der Waals surface area contributed by atoms with E-state index in [1.165, 1.54) is 18.0 Å². The SMILES string of the molecule is CC(=O)N1CCCC(N=C/C(=C\N)c2nc(Nc3cncc(N4CCC5(CCN(C(=O)CN6CCC(c7ccc(NC8CCC(=O)NC8=O)cc7)CC6)CC5)C4=O)c3)ncc2Cl)C1. The van der Waals surface area contributed by atoms with Crippen LogP contribution in [0.3, 0.4) is 0 Å². The van der Waals surface area contributed by atoms with Crippen LogP contribution in [0.25, 0.3) is 5.57 Å². The lowest BCUT2D eigenvalue weighted by Gasteiger charge is -2.39. The van der Waals surface area contributed by atoms with Gasteiger partial charge in [-0.25, -0.2) is 9.97 Å². The van der Waals surface area contributed by atoms with Crippen LogP contribution in [0.4, 0.5) is 23.0 Å². The van der Waals surface area contributed by atoms with E-state index in [-0.39, 0.29) is 41.5 Å². The zero-order chi connectivity index (χ0) is 44.1. The lowest BCUT2D eigenvalue weighted by atomic mass is 9.77. The Morgan fingerprint density at radius 3 is 2.44 bits per heavy atom. The van der Waals surface area contributed by atoms with Crippen LogP contribution in [-0.4, -0.2) is 130 Å². The summed E-state index contributed by atoms with van der Waals surface area (Å²) in [5, 5.41) is 9.12. The molecule has 17 nitrogen and oxygen atoms in total. The predicted molar refractivity (Wildman–Crippen MR) is 240 cm³/mol. The van der Waals surface area contributed by atoms with Gasteiger partial charge in [0, 0.05) is 69.7 Å². The van der Waals surface area contributed by atoms with E-state index in [0.29, 0.717) is 98.4 Å². The van der Waals surface area contributed by atoms with Gasteiger partial charge >= 0.3 is 0 Å². The summed E-state index contributed by atoms with van der Waals surface area (Å²) in [5.74, 6) is 0.341. The van der Waals surface area contributed by atoms with Gasteiger partial charge in [-0.2, -0.15) is 0 Å². The molecule has 3 aromatic rings. The Morgan fingerprint density at radius 2 is 1.71 bits per heavy atom. The monoisotopic (exact) mass is 878 g/mol. The molecule has 5 aliphatic heterocycles. The van der Waals surface area contributed by atoms with E-state index in [1.807, 2.05) is 23.1 Å². The molecular weight excluding hydrogens is 824 g/mol. The molecule has 2 atom stereocenters. The standard InChI is InChI=1S/C45H55ClN12O5/c1-29(59)57-15-2-3-34(27-57)49-23-32(22-47)41-37(46)26-50-44(54-41)52-35-21-36(25-48-24-35)58-20-14-45(43(58)63)12-18-56(19-13-45)40(61)28-55-16-10-31(11-17-55)30-4-6-33(7-5-30)51-38-8-9-39(60)53-42(38)62/h4-7,21-26,31,34,38,51H,2-3,8-20,27-28,47H2,1H3,(H,50,52,54)(H,53,60,62)/b32-22+,49-23?. The Bertz CT molecular complexity index is 2270. The van der Waals surface area contributed by atoms with Gasteiger partial charge in [0.15, 0.2) is 0 Å². The van der Waals surface area contributed by atoms with E-state index >= 15 is 0 Å². The van der Waals surface area contributed by atoms with Gasteiger partial charge in [0.05, 0.1) is 58.7 Å². The molecule has 5 aliphatic rings. The molecule has 0 radical (unpaired) electrons. The minimum Gasteiger partial charge on any atom is -0.404 e. The smallest absolute Gasteiger partial charge is 0.249 e. The number of pyridine rings is 1. The molecule has 7 heterocycles. The van der Waals surface area contributed by atoms with E-state index in [0.717, 1.165) is 51.0 Å². The highest BCUT2D eigenvalue weighted by atomic mass is 35.5. The quantitative estimate of drug-likeness (QED) is 0.159. The average molecular weight is 879 g/mol. The number of nitrogens with one attached hydrogen (secondary N) is 3. The number of hydrogen-bond donors (Lipinski definition) is 4. The van der Waals surface area contributed by atoms with Crippen LogP contribution in [0.1, 0.15) is 81.9 Å². The number of carbonyl (C=O) groups excluding carboxylic acids is 5. The van der Waals surface area contributed by atoms with Crippen LogP contribution in [0.5, 0.6) is 0 Å². The molecular formula is C45H55ClN12O5. The van der Waals surface area contributed by atoms with Gasteiger partial charge in [0.1, 0.15) is 6.04 Å². The van der Waals surface area contributed by atoms with Crippen LogP contribution < -0.4 is 26.6 Å². The maximum absolute atomic E-state index is 14.1. The zero-order valence-corrected chi connectivity index (χ0v) is 36.4. The van der Waals surface area contributed by atoms with Crippen molar-refractivity contribution in [2.75, 3.05) is 67.9 Å². The Kier molecular flexibility index (Phi) is 13.3. The molecule has 18 heteroatoms. The van der Waals surface area contributed by atoms with Crippen molar-refractivity contribution in [3.05, 3.63) is 71.4 Å². The number of benzene rings is 1. The third kappa shape index (κ3) is 10.1. The minimum atomic E-state index is -0.520. The number of rotatable bonds is 11. The fourth-order valence-electron chi connectivity index (χ4n) is 9.45. The number of allylic oxidation sites excluding steroid dienone is 1. The molecule has 5 fully saturated rings. The fourth-order valence-corrected chi connectivity index (χ4v) is 9.65. The summed E-state index contributed by atoms with van der Waals surface area (Å²) in [7, 11) is 0. The van der Waals surface area contributed by atoms with Crippen LogP contribution in [0.15, 0.2) is 60.1 Å². The zero-order valence-electron chi connectivity index (χ0n) is 35.6. The summed E-state index contributed by atoms with van der Waals surface area (Å²) in [6, 6.07) is 9.57. The number of likely N-dealkylation sites (tertiary alicyclic amines) is 3. The van der Waals surface area contributed by atoms with Gasteiger partial charge in [0.25, 0.3) is 0 Å². The first kappa shape index (κ1) is 43.7. The van der Waals surface area contributed by atoms with Crippen LogP contribution in [0, 0.1) is 5.41 Å². The second-order valence-corrected chi connectivity index (χ2v) is 17.7. The van der Waals surface area contributed by atoms with Gasteiger partial charge in [0.2, 0.25) is 35.5 Å². The number of piperidine rings is 4. The highest BCUT2D eigenvalue weighted by molar-refractivity contribution is 6.33. The Balaban J connectivity index is 0.805. The number of aliphatic imine (C=N–C) groups is 1. The van der Waals surface area contributed by atoms with E-state index in [9.17, 15) is 24.0 Å². The van der Waals surface area contributed by atoms with Crippen molar-refractivity contribution in [3.8, 4) is 0 Å². The van der Waals surface area contributed by atoms with E-state index in [4.69, 9.17) is 22.3 Å². The Morgan fingerprint density at radius 1 is 0.952 bits per heavy atom. The third-order valence-electron chi connectivity index (χ3n) is 13.2. The summed E-state index contributed by atoms with van der Waals surface area (Å²) in [6.07, 6.45) is 14.2. The molecule has 332 valence electrons. The molecule has 2 unspecified atom stereocenters. The number of carbonyl (C=O) groups is 5. The average Bonchev–Trinajstić information content (AvgIpc) is 3.60. The lowest BCUT2D eigenvalue weighted by Crippen LogP contribution is -2.49. The largest absolute Gasteiger partial charge is 0.404 e. The first-order valence-electron chi connectivity index (χ1n) is 21.9. The van der Waals surface area contributed by atoms with Crippen LogP contribution in [-0.2, 0) is 24.0 Å². The molecule has 2 aromatic heterocycles. The highest BCUT2D eigenvalue weighted by Gasteiger charge is 2.49. The first-order chi connectivity index (χ1) is 30.5. The molecule has 5 amide bonds. The number of nitrogens with zero attached hydrogens (tertiary/aromatic N) is 8. The van der Waals surface area contributed by atoms with Gasteiger partial charge in [-0.15, -0.1) is 0 Å². The van der Waals surface area contributed by atoms with Gasteiger partial charge in [-0.05, 0) is 94.1 Å². The molecule has 0 aliphatic carbocycles. The number of imide groups is 1. The van der Waals surface area contributed by atoms with Crippen molar-refractivity contribution in [2.45, 2.75) is 82.7 Å². The van der Waals surface area contributed by atoms with Crippen LogP contribution >= 0.6 is 11.6 Å². The van der Waals surface area contributed by atoms with Crippen molar-refractivity contribution in [2.24, 2.45) is 16.1 Å². The van der Waals surface area contributed by atoms with Crippen molar-refractivity contribution in [3.63, 3.8) is 0 Å². The second-order valence-electron chi connectivity index (χ2n) is 17.3. The van der Waals surface area contributed by atoms with Crippen molar-refractivity contribution >= 4 is 75.9 Å². The molecule has 8 rings (SSSR count). The molecule has 0 bridgehead atoms. The van der Waals surface area contributed by atoms with Gasteiger partial charge < -0.3 is 31.1 Å². The van der Waals surface area contributed by atoms with Crippen molar-refractivity contribution in [1.29, 1.82) is 0 Å². The van der Waals surface area contributed by atoms with Gasteiger partial charge in [-0.1, -0.05) is 23.7 Å². The van der Waals surface area contributed by atoms with E-state index in [1.54, 1.807) is 35.3 Å². The molecule has 5 N–H and O–H groups in total. The predicted octanol–water partition coefficient (Wildman–Crippen LogP) is 4.09. The summed E-state index contributed by atoms with van der Waals surface area (Å²) in [6.45, 7) is 6.53. The maximum atomic E-state index is 14.1. The summed E-state index contributed by atoms with van der Waals surface area (Å²) >= 11 is 6.52. The van der Waals surface area contributed by atoms with Gasteiger partial charge in [-0.3, -0.25) is 44.2 Å². The molecule has 0 saturated carbocycles. The van der Waals surface area contributed by atoms with Crippen molar-refractivity contribution < 1.29 is 24.0 Å². The number of nitrogens with two attached hydrogens (primary N) is 1.